The van der Waals surface area contributed by atoms with Crippen molar-refractivity contribution in [2.75, 3.05) is 0 Å². The highest BCUT2D eigenvalue weighted by molar-refractivity contribution is 5.38. The molecule has 0 radical (unpaired) electrons. The number of hydrogen-bond acceptors (Lipinski definition) is 4. The fourth-order valence-corrected chi connectivity index (χ4v) is 5.11. The highest BCUT2D eigenvalue weighted by atomic mass is 16.5. The molecule has 2 N–H and O–H groups in total. The third kappa shape index (κ3) is 2.22. The molecule has 2 fully saturated rings. The van der Waals surface area contributed by atoms with Gasteiger partial charge in [0.2, 0.25) is 0 Å². The molecule has 0 aromatic heterocycles. The standard InChI is InChI=1S/C21H22N2O2/c1-3-7-14-12(5-1)9-16-20(14)22-18(24-16)11-19-23-21-15-8-4-2-6-13(15)10-17(21)25-19/h1-8,16-23H,9-11H2/t16-,17-,18?,19?,20+,21+/m0/s1. The highest BCUT2D eigenvalue weighted by Crippen LogP contribution is 2.41. The van der Waals surface area contributed by atoms with Crippen LogP contribution in [-0.4, -0.2) is 24.7 Å². The highest BCUT2D eigenvalue weighted by Gasteiger charge is 2.45. The molecule has 0 bridgehead atoms. The van der Waals surface area contributed by atoms with Gasteiger partial charge in [-0.3, -0.25) is 10.6 Å². The fraction of sp³-hybridized carbons (Fsp3) is 0.429. The maximum atomic E-state index is 6.29. The molecule has 6 atom stereocenters. The van der Waals surface area contributed by atoms with E-state index in [0.717, 1.165) is 19.3 Å². The lowest BCUT2D eigenvalue weighted by Gasteiger charge is -2.19. The summed E-state index contributed by atoms with van der Waals surface area (Å²) in [5.74, 6) is 0. The van der Waals surface area contributed by atoms with Crippen LogP contribution in [0.3, 0.4) is 0 Å². The molecule has 2 saturated heterocycles. The average molecular weight is 334 g/mol. The van der Waals surface area contributed by atoms with Crippen LogP contribution in [0.15, 0.2) is 48.5 Å². The van der Waals surface area contributed by atoms with E-state index in [2.05, 4.69) is 59.2 Å². The Morgan fingerprint density at radius 2 is 1.20 bits per heavy atom. The number of ether oxygens (including phenoxy) is 2. The van der Waals surface area contributed by atoms with Crippen molar-refractivity contribution in [3.05, 3.63) is 70.8 Å². The van der Waals surface area contributed by atoms with Gasteiger partial charge in [-0.1, -0.05) is 48.5 Å². The summed E-state index contributed by atoms with van der Waals surface area (Å²) >= 11 is 0. The van der Waals surface area contributed by atoms with Crippen molar-refractivity contribution >= 4 is 0 Å². The molecule has 6 rings (SSSR count). The Morgan fingerprint density at radius 3 is 1.72 bits per heavy atom. The fourth-order valence-electron chi connectivity index (χ4n) is 5.11. The Balaban J connectivity index is 1.14. The average Bonchev–Trinajstić information content (AvgIpc) is 3.33. The van der Waals surface area contributed by atoms with Gasteiger partial charge >= 0.3 is 0 Å². The van der Waals surface area contributed by atoms with E-state index in [1.54, 1.807) is 0 Å². The van der Waals surface area contributed by atoms with E-state index in [0.29, 0.717) is 12.1 Å². The lowest BCUT2D eigenvalue weighted by molar-refractivity contribution is -0.0226. The Morgan fingerprint density at radius 1 is 0.720 bits per heavy atom. The molecule has 0 spiro atoms. The quantitative estimate of drug-likeness (QED) is 0.886. The topological polar surface area (TPSA) is 42.5 Å². The molecule has 2 aromatic rings. The van der Waals surface area contributed by atoms with Crippen LogP contribution in [0.2, 0.25) is 0 Å². The van der Waals surface area contributed by atoms with E-state index >= 15 is 0 Å². The van der Waals surface area contributed by atoms with Crippen LogP contribution >= 0.6 is 0 Å². The van der Waals surface area contributed by atoms with Crippen LogP contribution in [0.4, 0.5) is 0 Å². The van der Waals surface area contributed by atoms with Crippen LogP contribution in [0, 0.1) is 0 Å². The minimum absolute atomic E-state index is 0.0647. The second kappa shape index (κ2) is 5.39. The molecular weight excluding hydrogens is 312 g/mol. The predicted octanol–water partition coefficient (Wildman–Crippen LogP) is 2.60. The van der Waals surface area contributed by atoms with Crippen LogP contribution in [0.5, 0.6) is 0 Å². The molecule has 25 heavy (non-hydrogen) atoms. The molecule has 4 nitrogen and oxygen atoms in total. The lowest BCUT2D eigenvalue weighted by atomic mass is 10.1. The second-order valence-electron chi connectivity index (χ2n) is 7.66. The summed E-state index contributed by atoms with van der Waals surface area (Å²) < 4.78 is 12.6. The Bertz CT molecular complexity index is 756. The van der Waals surface area contributed by atoms with Crippen molar-refractivity contribution in [2.45, 2.75) is 56.0 Å². The summed E-state index contributed by atoms with van der Waals surface area (Å²) in [4.78, 5) is 0. The molecule has 2 heterocycles. The molecule has 4 aliphatic rings. The minimum Gasteiger partial charge on any atom is -0.358 e. The van der Waals surface area contributed by atoms with Crippen molar-refractivity contribution in [3.63, 3.8) is 0 Å². The molecule has 4 heteroatoms. The SMILES string of the molecule is c1ccc2c(c1)C[C@@H]1OC(CC3N[C@@H]4c5ccccc5C[C@@H]4O3)N[C@H]21. The van der Waals surface area contributed by atoms with Gasteiger partial charge in [-0.2, -0.15) is 0 Å². The number of benzene rings is 2. The van der Waals surface area contributed by atoms with Crippen molar-refractivity contribution in [1.82, 2.24) is 10.6 Å². The minimum atomic E-state index is 0.0647. The summed E-state index contributed by atoms with van der Waals surface area (Å²) in [7, 11) is 0. The molecule has 2 aliphatic heterocycles. The zero-order chi connectivity index (χ0) is 16.4. The summed E-state index contributed by atoms with van der Waals surface area (Å²) in [5.41, 5.74) is 5.65. The molecule has 2 aromatic carbocycles. The van der Waals surface area contributed by atoms with Crippen LogP contribution in [0.25, 0.3) is 0 Å². The molecule has 0 amide bonds. The summed E-state index contributed by atoms with van der Waals surface area (Å²) in [6.45, 7) is 0. The Kier molecular flexibility index (Phi) is 3.11. The first-order chi connectivity index (χ1) is 12.3. The van der Waals surface area contributed by atoms with Gasteiger partial charge in [0, 0.05) is 19.3 Å². The first-order valence-corrected chi connectivity index (χ1v) is 9.34. The van der Waals surface area contributed by atoms with Gasteiger partial charge in [-0.25, -0.2) is 0 Å². The number of rotatable bonds is 2. The molecule has 128 valence electrons. The van der Waals surface area contributed by atoms with E-state index < -0.39 is 0 Å². The van der Waals surface area contributed by atoms with Crippen molar-refractivity contribution < 1.29 is 9.47 Å². The van der Waals surface area contributed by atoms with E-state index in [9.17, 15) is 0 Å². The van der Waals surface area contributed by atoms with Crippen LogP contribution < -0.4 is 10.6 Å². The van der Waals surface area contributed by atoms with E-state index in [-0.39, 0.29) is 24.7 Å². The smallest absolute Gasteiger partial charge is 0.112 e. The van der Waals surface area contributed by atoms with E-state index in [4.69, 9.17) is 9.47 Å². The Labute approximate surface area is 147 Å². The first kappa shape index (κ1) is 14.4. The third-order valence-corrected chi connectivity index (χ3v) is 6.20. The van der Waals surface area contributed by atoms with Crippen molar-refractivity contribution in [1.29, 1.82) is 0 Å². The van der Waals surface area contributed by atoms with E-state index in [1.165, 1.54) is 22.3 Å². The van der Waals surface area contributed by atoms with Gasteiger partial charge in [0.25, 0.3) is 0 Å². The van der Waals surface area contributed by atoms with Gasteiger partial charge < -0.3 is 9.47 Å². The van der Waals surface area contributed by atoms with Gasteiger partial charge in [0.15, 0.2) is 0 Å². The van der Waals surface area contributed by atoms with Crippen molar-refractivity contribution in [3.8, 4) is 0 Å². The molecule has 0 saturated carbocycles. The zero-order valence-corrected chi connectivity index (χ0v) is 14.0. The second-order valence-corrected chi connectivity index (χ2v) is 7.66. The Hall–Kier alpha value is -1.72. The molecule has 2 unspecified atom stereocenters. The van der Waals surface area contributed by atoms with Crippen molar-refractivity contribution in [2.24, 2.45) is 0 Å². The van der Waals surface area contributed by atoms with Gasteiger partial charge in [-0.05, 0) is 22.3 Å². The normalized spacial score (nSPS) is 37.6. The van der Waals surface area contributed by atoms with Gasteiger partial charge in [0.05, 0.1) is 24.3 Å². The predicted molar refractivity (Wildman–Crippen MR) is 94.0 cm³/mol. The number of fused-ring (bicyclic) bond motifs is 6. The lowest BCUT2D eigenvalue weighted by Crippen LogP contribution is -2.35. The van der Waals surface area contributed by atoms with E-state index in [1.807, 2.05) is 0 Å². The van der Waals surface area contributed by atoms with Crippen LogP contribution in [0.1, 0.15) is 40.8 Å². The maximum Gasteiger partial charge on any atom is 0.112 e. The number of hydrogen-bond donors (Lipinski definition) is 2. The van der Waals surface area contributed by atoms with Crippen LogP contribution in [-0.2, 0) is 22.3 Å². The molecular formula is C21H22N2O2. The first-order valence-electron chi connectivity index (χ1n) is 9.34. The number of nitrogens with one attached hydrogen (secondary N) is 2. The summed E-state index contributed by atoms with van der Waals surface area (Å²) in [6, 6.07) is 18.0. The largest absolute Gasteiger partial charge is 0.358 e. The monoisotopic (exact) mass is 334 g/mol. The zero-order valence-electron chi connectivity index (χ0n) is 14.0. The third-order valence-electron chi connectivity index (χ3n) is 6.20. The van der Waals surface area contributed by atoms with Gasteiger partial charge in [0.1, 0.15) is 12.5 Å². The molecule has 2 aliphatic carbocycles. The van der Waals surface area contributed by atoms with Gasteiger partial charge in [-0.15, -0.1) is 0 Å². The summed E-state index contributed by atoms with van der Waals surface area (Å²) in [6.07, 6.45) is 3.55. The summed E-state index contributed by atoms with van der Waals surface area (Å²) in [5, 5.41) is 7.36. The maximum absolute atomic E-state index is 6.29.